The van der Waals surface area contributed by atoms with Gasteiger partial charge in [0, 0.05) is 11.8 Å². The molecule has 1 saturated heterocycles. The Labute approximate surface area is 173 Å². The van der Waals surface area contributed by atoms with Crippen LogP contribution in [0.15, 0.2) is 18.2 Å². The summed E-state index contributed by atoms with van der Waals surface area (Å²) in [5, 5.41) is 7.45. The number of hydrogen-bond donors (Lipinski definition) is 3. The van der Waals surface area contributed by atoms with E-state index < -0.39 is 36.0 Å². The monoisotopic (exact) mass is 416 g/mol. The summed E-state index contributed by atoms with van der Waals surface area (Å²) in [6.07, 6.45) is 3.24. The Hall–Kier alpha value is -3.30. The van der Waals surface area contributed by atoms with Crippen LogP contribution in [0.5, 0.6) is 11.5 Å². The van der Waals surface area contributed by atoms with E-state index in [1.807, 2.05) is 6.92 Å². The molecule has 0 radical (unpaired) electrons. The molecular weight excluding hydrogens is 392 g/mol. The number of ether oxygens (including phenoxy) is 2. The number of fused-ring (bicyclic) bond motifs is 1. The van der Waals surface area contributed by atoms with Gasteiger partial charge in [-0.15, -0.1) is 0 Å². The largest absolute Gasteiger partial charge is 0.486 e. The minimum absolute atomic E-state index is 0.00531. The Morgan fingerprint density at radius 3 is 2.73 bits per heavy atom. The molecule has 1 aromatic carbocycles. The zero-order valence-corrected chi connectivity index (χ0v) is 16.7. The normalized spacial score (nSPS) is 25.1. The molecule has 160 valence electrons. The van der Waals surface area contributed by atoms with Crippen molar-refractivity contribution in [2.24, 2.45) is 5.92 Å². The molecule has 2 heterocycles. The smallest absolute Gasteiger partial charge is 0.325 e. The molecule has 2 aliphatic heterocycles. The number of carbonyl (C=O) groups is 4. The van der Waals surface area contributed by atoms with E-state index >= 15 is 0 Å². The maximum atomic E-state index is 12.9. The number of nitrogens with zero attached hydrogens (tertiary/aromatic N) is 1. The van der Waals surface area contributed by atoms with Crippen molar-refractivity contribution in [1.82, 2.24) is 15.5 Å². The highest BCUT2D eigenvalue weighted by molar-refractivity contribution is 6.10. The first-order valence-corrected chi connectivity index (χ1v) is 10.0. The highest BCUT2D eigenvalue weighted by Crippen LogP contribution is 2.38. The summed E-state index contributed by atoms with van der Waals surface area (Å²) in [6.45, 7) is 2.28. The van der Waals surface area contributed by atoms with Crippen LogP contribution < -0.4 is 25.4 Å². The number of benzene rings is 1. The molecule has 1 spiro atoms. The van der Waals surface area contributed by atoms with Gasteiger partial charge in [0.25, 0.3) is 5.91 Å². The Kier molecular flexibility index (Phi) is 5.23. The number of carbonyl (C=O) groups excluding carboxylic acids is 4. The fraction of sp³-hybridized carbons (Fsp3) is 0.500. The number of amides is 6. The number of nitrogens with one attached hydrogen (secondary N) is 3. The van der Waals surface area contributed by atoms with Crippen LogP contribution in [0.4, 0.5) is 15.3 Å². The number of rotatable bonds is 3. The van der Waals surface area contributed by atoms with Crippen LogP contribution in [0.2, 0.25) is 0 Å². The first-order chi connectivity index (χ1) is 14.4. The molecule has 0 bridgehead atoms. The van der Waals surface area contributed by atoms with Gasteiger partial charge in [-0.3, -0.25) is 19.8 Å². The van der Waals surface area contributed by atoms with Gasteiger partial charge in [0.1, 0.15) is 25.3 Å². The molecule has 6 amide bonds. The van der Waals surface area contributed by atoms with Crippen LogP contribution in [0, 0.1) is 5.92 Å². The summed E-state index contributed by atoms with van der Waals surface area (Å²) in [5.74, 6) is -0.0882. The lowest BCUT2D eigenvalue weighted by Gasteiger charge is -2.36. The Morgan fingerprint density at radius 2 is 1.97 bits per heavy atom. The second kappa shape index (κ2) is 7.85. The minimum Gasteiger partial charge on any atom is -0.486 e. The second-order valence-electron chi connectivity index (χ2n) is 7.80. The van der Waals surface area contributed by atoms with E-state index in [1.165, 1.54) is 0 Å². The van der Waals surface area contributed by atoms with E-state index in [0.29, 0.717) is 36.8 Å². The number of anilines is 1. The van der Waals surface area contributed by atoms with Crippen molar-refractivity contribution in [2.75, 3.05) is 25.1 Å². The lowest BCUT2D eigenvalue weighted by atomic mass is 9.73. The fourth-order valence-electron chi connectivity index (χ4n) is 4.23. The van der Waals surface area contributed by atoms with E-state index in [-0.39, 0.29) is 5.92 Å². The summed E-state index contributed by atoms with van der Waals surface area (Å²) in [5.41, 5.74) is -0.530. The Balaban J connectivity index is 1.34. The summed E-state index contributed by atoms with van der Waals surface area (Å²) < 4.78 is 10.9. The third-order valence-corrected chi connectivity index (χ3v) is 5.86. The Bertz CT molecular complexity index is 903. The minimum atomic E-state index is -0.941. The van der Waals surface area contributed by atoms with Gasteiger partial charge >= 0.3 is 12.1 Å². The predicted octanol–water partition coefficient (Wildman–Crippen LogP) is 1.61. The summed E-state index contributed by atoms with van der Waals surface area (Å²) in [6, 6.07) is 3.48. The van der Waals surface area contributed by atoms with Crippen LogP contribution in [-0.4, -0.2) is 54.1 Å². The first-order valence-electron chi connectivity index (χ1n) is 10.0. The maximum Gasteiger partial charge on any atom is 0.325 e. The summed E-state index contributed by atoms with van der Waals surface area (Å²) in [7, 11) is 0. The first kappa shape index (κ1) is 20.0. The lowest BCUT2D eigenvalue weighted by Crippen LogP contribution is -2.54. The number of hydrogen-bond acceptors (Lipinski definition) is 6. The average molecular weight is 416 g/mol. The van der Waals surface area contributed by atoms with Crippen molar-refractivity contribution >= 4 is 29.6 Å². The summed E-state index contributed by atoms with van der Waals surface area (Å²) in [4.78, 5) is 50.6. The van der Waals surface area contributed by atoms with Gasteiger partial charge in [-0.05, 0) is 30.9 Å². The van der Waals surface area contributed by atoms with Crippen molar-refractivity contribution < 1.29 is 28.7 Å². The Morgan fingerprint density at radius 1 is 1.20 bits per heavy atom. The maximum absolute atomic E-state index is 12.9. The molecule has 3 N–H and O–H groups in total. The van der Waals surface area contributed by atoms with Crippen molar-refractivity contribution in [1.29, 1.82) is 0 Å². The molecule has 2 atom stereocenters. The van der Waals surface area contributed by atoms with Crippen molar-refractivity contribution in [2.45, 2.75) is 38.1 Å². The van der Waals surface area contributed by atoms with Crippen molar-refractivity contribution in [3.63, 3.8) is 0 Å². The molecule has 1 aliphatic carbocycles. The van der Waals surface area contributed by atoms with Crippen LogP contribution in [0.25, 0.3) is 0 Å². The standard InChI is InChI=1S/C20H24N4O6/c1-12-4-2-3-7-20(12)17(26)24(19(28)23-20)11-16(25)22-18(27)21-13-5-6-14-15(10-13)30-9-8-29-14/h5-6,10,12H,2-4,7-9,11H2,1H3,(H,23,28)(H2,21,22,25,27)/t12-,20-/m1/s1. The van der Waals surface area contributed by atoms with Gasteiger partial charge in [-0.2, -0.15) is 0 Å². The fourth-order valence-corrected chi connectivity index (χ4v) is 4.23. The zero-order valence-electron chi connectivity index (χ0n) is 16.7. The van der Waals surface area contributed by atoms with Gasteiger partial charge in [0.05, 0.1) is 0 Å². The van der Waals surface area contributed by atoms with E-state index in [2.05, 4.69) is 16.0 Å². The zero-order chi connectivity index (χ0) is 21.3. The van der Waals surface area contributed by atoms with Crippen LogP contribution >= 0.6 is 0 Å². The van der Waals surface area contributed by atoms with Crippen molar-refractivity contribution in [3.8, 4) is 11.5 Å². The molecule has 4 rings (SSSR count). The number of urea groups is 2. The van der Waals surface area contributed by atoms with E-state index in [4.69, 9.17) is 9.47 Å². The van der Waals surface area contributed by atoms with Gasteiger partial charge < -0.3 is 20.1 Å². The van der Waals surface area contributed by atoms with Crippen LogP contribution in [0.1, 0.15) is 32.6 Å². The van der Waals surface area contributed by atoms with Gasteiger partial charge in [0.15, 0.2) is 11.5 Å². The van der Waals surface area contributed by atoms with Gasteiger partial charge in [-0.25, -0.2) is 9.59 Å². The molecule has 0 aromatic heterocycles. The number of imide groups is 2. The molecule has 2 fully saturated rings. The van der Waals surface area contributed by atoms with Crippen molar-refractivity contribution in [3.05, 3.63) is 18.2 Å². The third kappa shape index (κ3) is 3.64. The highest BCUT2D eigenvalue weighted by Gasteiger charge is 2.55. The van der Waals surface area contributed by atoms with Crippen LogP contribution in [-0.2, 0) is 9.59 Å². The quantitative estimate of drug-likeness (QED) is 0.643. The van der Waals surface area contributed by atoms with E-state index in [0.717, 1.165) is 24.2 Å². The van der Waals surface area contributed by atoms with Gasteiger partial charge in [-0.1, -0.05) is 19.8 Å². The molecule has 10 heteroatoms. The molecule has 0 unspecified atom stereocenters. The molecule has 1 saturated carbocycles. The molecule has 30 heavy (non-hydrogen) atoms. The van der Waals surface area contributed by atoms with Gasteiger partial charge in [0.2, 0.25) is 5.91 Å². The lowest BCUT2D eigenvalue weighted by molar-refractivity contribution is -0.137. The summed E-state index contributed by atoms with van der Waals surface area (Å²) >= 11 is 0. The predicted molar refractivity (Wildman–Crippen MR) is 105 cm³/mol. The second-order valence-corrected chi connectivity index (χ2v) is 7.80. The molecule has 10 nitrogen and oxygen atoms in total. The molecule has 3 aliphatic rings. The topological polar surface area (TPSA) is 126 Å². The highest BCUT2D eigenvalue weighted by atomic mass is 16.6. The SMILES string of the molecule is C[C@@H]1CCCC[C@@]12NC(=O)N(CC(=O)NC(=O)Nc1ccc3c(c1)OCCO3)C2=O. The third-order valence-electron chi connectivity index (χ3n) is 5.86. The molecular formula is C20H24N4O6. The van der Waals surface area contributed by atoms with Crippen LogP contribution in [0.3, 0.4) is 0 Å². The van der Waals surface area contributed by atoms with E-state index in [9.17, 15) is 19.2 Å². The van der Waals surface area contributed by atoms with E-state index in [1.54, 1.807) is 18.2 Å². The molecule has 1 aromatic rings. The average Bonchev–Trinajstić information content (AvgIpc) is 2.95.